The van der Waals surface area contributed by atoms with Gasteiger partial charge in [-0.1, -0.05) is 25.8 Å². The molecule has 24 heavy (non-hydrogen) atoms. The van der Waals surface area contributed by atoms with Crippen LogP contribution in [0.15, 0.2) is 11.1 Å². The van der Waals surface area contributed by atoms with Crippen molar-refractivity contribution in [3.8, 4) is 6.07 Å². The molecule has 0 spiro atoms. The van der Waals surface area contributed by atoms with Crippen LogP contribution in [0.3, 0.4) is 0 Å². The molecule has 0 saturated heterocycles. The molecule has 0 aliphatic heterocycles. The number of allylic oxidation sites excluding steroid dienone is 1. The minimum absolute atomic E-state index is 0.240. The summed E-state index contributed by atoms with van der Waals surface area (Å²) in [5.74, 6) is 4.81. The molecule has 4 rings (SSSR count). The highest BCUT2D eigenvalue weighted by atomic mass is 16.1. The Morgan fingerprint density at radius 2 is 1.96 bits per heavy atom. The van der Waals surface area contributed by atoms with Gasteiger partial charge in [-0.15, -0.1) is 0 Å². The number of carbonyl (C=O) groups is 1. The van der Waals surface area contributed by atoms with Gasteiger partial charge in [0, 0.05) is 12.8 Å². The van der Waals surface area contributed by atoms with Crippen LogP contribution in [0.2, 0.25) is 0 Å². The Balaban J connectivity index is 1.70. The highest BCUT2D eigenvalue weighted by Crippen LogP contribution is 2.63. The average molecular weight is 325 g/mol. The molecule has 130 valence electrons. The number of ketones is 1. The Kier molecular flexibility index (Phi) is 4.10. The first-order valence-electron chi connectivity index (χ1n) is 10.2. The molecule has 0 aromatic rings. The van der Waals surface area contributed by atoms with E-state index < -0.39 is 0 Å². The first-order valence-corrected chi connectivity index (χ1v) is 10.2. The van der Waals surface area contributed by atoms with Crippen LogP contribution in [0.1, 0.15) is 78.1 Å². The largest absolute Gasteiger partial charge is 0.295 e. The predicted octanol–water partition coefficient (Wildman–Crippen LogP) is 5.44. The van der Waals surface area contributed by atoms with E-state index in [0.717, 1.165) is 48.0 Å². The molecule has 2 nitrogen and oxygen atoms in total. The van der Waals surface area contributed by atoms with Gasteiger partial charge in [-0.3, -0.25) is 4.79 Å². The van der Waals surface area contributed by atoms with Crippen molar-refractivity contribution in [2.45, 2.75) is 78.1 Å². The first-order chi connectivity index (χ1) is 11.6. The zero-order valence-electron chi connectivity index (χ0n) is 15.3. The van der Waals surface area contributed by atoms with E-state index in [0.29, 0.717) is 25.0 Å². The molecule has 6 atom stereocenters. The Morgan fingerprint density at radius 1 is 1.17 bits per heavy atom. The van der Waals surface area contributed by atoms with Crippen LogP contribution < -0.4 is 0 Å². The second-order valence-corrected chi connectivity index (χ2v) is 9.24. The van der Waals surface area contributed by atoms with Crippen molar-refractivity contribution in [3.63, 3.8) is 0 Å². The Hall–Kier alpha value is -1.10. The molecule has 0 N–H and O–H groups in total. The van der Waals surface area contributed by atoms with Crippen LogP contribution in [0, 0.1) is 46.3 Å². The van der Waals surface area contributed by atoms with Gasteiger partial charge in [0.15, 0.2) is 5.78 Å². The molecule has 2 heteroatoms. The van der Waals surface area contributed by atoms with Gasteiger partial charge in [-0.25, -0.2) is 0 Å². The van der Waals surface area contributed by atoms with Crippen molar-refractivity contribution in [2.75, 3.05) is 0 Å². The molecule has 4 aliphatic rings. The molecule has 3 fully saturated rings. The lowest BCUT2D eigenvalue weighted by Gasteiger charge is -2.57. The van der Waals surface area contributed by atoms with Crippen LogP contribution in [0.4, 0.5) is 0 Å². The van der Waals surface area contributed by atoms with Crippen LogP contribution >= 0.6 is 0 Å². The Labute approximate surface area is 146 Å². The molecule has 3 saturated carbocycles. The lowest BCUT2D eigenvalue weighted by molar-refractivity contribution is -0.118. The molecule has 0 bridgehead atoms. The van der Waals surface area contributed by atoms with Gasteiger partial charge >= 0.3 is 0 Å². The van der Waals surface area contributed by atoms with Crippen LogP contribution in [0.5, 0.6) is 0 Å². The van der Waals surface area contributed by atoms with Crippen molar-refractivity contribution in [1.82, 2.24) is 0 Å². The number of rotatable bonds is 2. The van der Waals surface area contributed by atoms with Crippen LogP contribution in [-0.2, 0) is 4.79 Å². The fourth-order valence-electron chi connectivity index (χ4n) is 7.27. The zero-order chi connectivity index (χ0) is 16.9. The minimum atomic E-state index is 0.240. The van der Waals surface area contributed by atoms with Gasteiger partial charge in [0.2, 0.25) is 0 Å². The zero-order valence-corrected chi connectivity index (χ0v) is 15.3. The van der Waals surface area contributed by atoms with Gasteiger partial charge in [-0.2, -0.15) is 5.26 Å². The number of hydrogen-bond donors (Lipinski definition) is 0. The summed E-state index contributed by atoms with van der Waals surface area (Å²) in [5, 5.41) is 8.98. The summed E-state index contributed by atoms with van der Waals surface area (Å²) in [7, 11) is 0. The summed E-state index contributed by atoms with van der Waals surface area (Å²) in [4.78, 5) is 12.5. The molecule has 0 aromatic carbocycles. The van der Waals surface area contributed by atoms with Crippen molar-refractivity contribution >= 4 is 5.78 Å². The molecule has 0 aromatic heterocycles. The van der Waals surface area contributed by atoms with Crippen molar-refractivity contribution in [2.24, 2.45) is 35.0 Å². The van der Waals surface area contributed by atoms with Crippen molar-refractivity contribution in [1.29, 1.82) is 5.26 Å². The van der Waals surface area contributed by atoms with Gasteiger partial charge in [-0.05, 0) is 85.5 Å². The fourth-order valence-corrected chi connectivity index (χ4v) is 7.27. The van der Waals surface area contributed by atoms with Gasteiger partial charge < -0.3 is 0 Å². The Morgan fingerprint density at radius 3 is 2.75 bits per heavy atom. The number of hydrogen-bond acceptors (Lipinski definition) is 2. The van der Waals surface area contributed by atoms with E-state index in [2.05, 4.69) is 19.9 Å². The summed E-state index contributed by atoms with van der Waals surface area (Å²) < 4.78 is 0. The topological polar surface area (TPSA) is 40.9 Å². The average Bonchev–Trinajstić information content (AvgIpc) is 3.06. The van der Waals surface area contributed by atoms with E-state index in [1.807, 2.05) is 0 Å². The maximum atomic E-state index is 12.5. The number of nitrogens with zero attached hydrogens (tertiary/aromatic N) is 1. The number of fused-ring (bicyclic) bond motifs is 5. The molecule has 6 unspecified atom stereocenters. The number of nitriles is 1. The summed E-state index contributed by atoms with van der Waals surface area (Å²) in [6.07, 6.45) is 11.1. The number of carbonyl (C=O) groups excluding carboxylic acids is 1. The second kappa shape index (κ2) is 6.01. The van der Waals surface area contributed by atoms with Gasteiger partial charge in [0.05, 0.1) is 6.07 Å². The van der Waals surface area contributed by atoms with E-state index in [1.54, 1.807) is 0 Å². The summed E-state index contributed by atoms with van der Waals surface area (Å²) in [6, 6.07) is 2.25. The maximum Gasteiger partial charge on any atom is 0.158 e. The van der Waals surface area contributed by atoms with E-state index in [4.69, 9.17) is 5.26 Å². The molecule has 0 heterocycles. The highest BCUT2D eigenvalue weighted by Gasteiger charge is 2.55. The SMILES string of the molecule is CC1CC2C(CCC3=C(CCC#N)C(=O)CCC32C)C2CCCC12. The van der Waals surface area contributed by atoms with Crippen LogP contribution in [-0.4, -0.2) is 5.78 Å². The van der Waals surface area contributed by atoms with Crippen molar-refractivity contribution < 1.29 is 4.79 Å². The van der Waals surface area contributed by atoms with E-state index >= 15 is 0 Å². The molecule has 4 aliphatic carbocycles. The smallest absolute Gasteiger partial charge is 0.158 e. The molecule has 0 amide bonds. The van der Waals surface area contributed by atoms with Crippen LogP contribution in [0.25, 0.3) is 0 Å². The van der Waals surface area contributed by atoms with Crippen molar-refractivity contribution in [3.05, 3.63) is 11.1 Å². The van der Waals surface area contributed by atoms with E-state index in [9.17, 15) is 4.79 Å². The third-order valence-corrected chi connectivity index (χ3v) is 8.34. The molecular weight excluding hydrogens is 294 g/mol. The second-order valence-electron chi connectivity index (χ2n) is 9.24. The summed E-state index contributed by atoms with van der Waals surface area (Å²) in [5.41, 5.74) is 2.77. The van der Waals surface area contributed by atoms with E-state index in [-0.39, 0.29) is 5.41 Å². The quantitative estimate of drug-likeness (QED) is 0.678. The first kappa shape index (κ1) is 16.4. The fraction of sp³-hybridized carbons (Fsp3) is 0.818. The summed E-state index contributed by atoms with van der Waals surface area (Å²) in [6.45, 7) is 4.96. The van der Waals surface area contributed by atoms with E-state index in [1.165, 1.54) is 37.7 Å². The standard InChI is InChI=1S/C22H31NO/c1-14-13-20-17(16-6-3-5-15(14)16)8-9-19-18(7-4-12-23)21(24)10-11-22(19,20)2/h14-17,20H,3-11,13H2,1-2H3. The van der Waals surface area contributed by atoms with Gasteiger partial charge in [0.25, 0.3) is 0 Å². The predicted molar refractivity (Wildman–Crippen MR) is 95.0 cm³/mol. The Bertz CT molecular complexity index is 612. The highest BCUT2D eigenvalue weighted by molar-refractivity contribution is 5.97. The van der Waals surface area contributed by atoms with Gasteiger partial charge in [0.1, 0.15) is 0 Å². The maximum absolute atomic E-state index is 12.5. The third-order valence-electron chi connectivity index (χ3n) is 8.34. The lowest BCUT2D eigenvalue weighted by atomic mass is 9.47. The molecule has 0 radical (unpaired) electrons. The third kappa shape index (κ3) is 2.31. The minimum Gasteiger partial charge on any atom is -0.295 e. The normalized spacial score (nSPS) is 44.5. The summed E-state index contributed by atoms with van der Waals surface area (Å²) >= 11 is 0. The monoisotopic (exact) mass is 325 g/mol. The lowest BCUT2D eigenvalue weighted by Crippen LogP contribution is -2.49. The number of Topliss-reactive ketones (excluding diaryl/α,β-unsaturated/α-hetero) is 1. The molecular formula is C22H31NO.